The molecule has 1 fully saturated rings. The van der Waals surface area contributed by atoms with Gasteiger partial charge in [0, 0.05) is 25.1 Å². The van der Waals surface area contributed by atoms with Crippen LogP contribution in [0.2, 0.25) is 0 Å². The Hall–Kier alpha value is -2.44. The lowest BCUT2D eigenvalue weighted by atomic mass is 10.0. The predicted molar refractivity (Wildman–Crippen MR) is 88.9 cm³/mol. The molecule has 6 nitrogen and oxygen atoms in total. The van der Waals surface area contributed by atoms with E-state index in [1.807, 2.05) is 29.5 Å². The summed E-state index contributed by atoms with van der Waals surface area (Å²) in [6.07, 6.45) is 1.66. The Labute approximate surface area is 145 Å². The van der Waals surface area contributed by atoms with Gasteiger partial charge < -0.3 is 9.64 Å². The molecule has 3 heterocycles. The molecule has 1 aromatic heterocycles. The van der Waals surface area contributed by atoms with Crippen LogP contribution in [0.3, 0.4) is 0 Å². The molecular formula is C18H21FN4O2. The second-order valence-electron chi connectivity index (χ2n) is 6.77. The number of carbonyl (C=O) groups is 1. The molecule has 2 aromatic rings. The molecule has 0 radical (unpaired) electrons. The Balaban J connectivity index is 1.48. The number of nitrogens with zero attached hydrogens (tertiary/aromatic N) is 4. The monoisotopic (exact) mass is 344 g/mol. The van der Waals surface area contributed by atoms with Gasteiger partial charge in [0.15, 0.2) is 17.7 Å². The second kappa shape index (κ2) is 6.13. The number of aryl methyl sites for hydroxylation is 2. The number of hydrogen-bond acceptors (Lipinski definition) is 4. The van der Waals surface area contributed by atoms with Gasteiger partial charge >= 0.3 is 0 Å². The van der Waals surface area contributed by atoms with Crippen molar-refractivity contribution in [3.05, 3.63) is 41.2 Å². The van der Waals surface area contributed by atoms with E-state index < -0.39 is 11.9 Å². The molecule has 0 saturated carbocycles. The van der Waals surface area contributed by atoms with Gasteiger partial charge in [0.25, 0.3) is 5.91 Å². The Kier molecular flexibility index (Phi) is 3.94. The molecule has 7 heteroatoms. The van der Waals surface area contributed by atoms with E-state index in [2.05, 4.69) is 10.1 Å². The normalized spacial score (nSPS) is 22.6. The molecule has 4 rings (SSSR count). The van der Waals surface area contributed by atoms with E-state index in [1.54, 1.807) is 6.07 Å². The zero-order chi connectivity index (χ0) is 17.6. The number of likely N-dealkylation sites (tertiary alicyclic amines) is 1. The van der Waals surface area contributed by atoms with Crippen molar-refractivity contribution in [1.82, 2.24) is 19.7 Å². The third kappa shape index (κ3) is 2.88. The summed E-state index contributed by atoms with van der Waals surface area (Å²) in [5.74, 6) is 1.35. The Bertz CT molecular complexity index is 819. The van der Waals surface area contributed by atoms with Crippen LogP contribution in [0, 0.1) is 19.7 Å². The summed E-state index contributed by atoms with van der Waals surface area (Å²) in [5.41, 5.74) is 0.759. The van der Waals surface area contributed by atoms with Gasteiger partial charge in [0.2, 0.25) is 0 Å². The van der Waals surface area contributed by atoms with Gasteiger partial charge in [-0.25, -0.2) is 14.1 Å². The number of benzene rings is 1. The van der Waals surface area contributed by atoms with E-state index in [-0.39, 0.29) is 17.7 Å². The molecule has 1 amide bonds. The zero-order valence-corrected chi connectivity index (χ0v) is 14.4. The number of piperidine rings is 1. The quantitative estimate of drug-likeness (QED) is 0.838. The average molecular weight is 344 g/mol. The van der Waals surface area contributed by atoms with E-state index in [9.17, 15) is 9.18 Å². The number of aromatic nitrogens is 3. The number of hydrogen-bond donors (Lipinski definition) is 0. The van der Waals surface area contributed by atoms with Crippen LogP contribution in [0.1, 0.15) is 36.1 Å². The second-order valence-corrected chi connectivity index (χ2v) is 6.77. The minimum absolute atomic E-state index is 0.0743. The first-order valence-electron chi connectivity index (χ1n) is 8.65. The molecule has 0 N–H and O–H groups in total. The van der Waals surface area contributed by atoms with E-state index in [4.69, 9.17) is 4.74 Å². The summed E-state index contributed by atoms with van der Waals surface area (Å²) in [6, 6.07) is 4.95. The molecule has 0 spiro atoms. The average Bonchev–Trinajstić information content (AvgIpc) is 3.18. The smallest absolute Gasteiger partial charge is 0.264 e. The first kappa shape index (κ1) is 16.1. The molecule has 0 aliphatic carbocycles. The first-order chi connectivity index (χ1) is 12.0. The fourth-order valence-electron chi connectivity index (χ4n) is 3.81. The lowest BCUT2D eigenvalue weighted by Crippen LogP contribution is -2.47. The van der Waals surface area contributed by atoms with Gasteiger partial charge in [-0.1, -0.05) is 12.1 Å². The van der Waals surface area contributed by atoms with Gasteiger partial charge in [-0.2, -0.15) is 5.10 Å². The highest BCUT2D eigenvalue weighted by Gasteiger charge is 2.36. The van der Waals surface area contributed by atoms with Crippen LogP contribution >= 0.6 is 0 Å². The number of halogens is 1. The summed E-state index contributed by atoms with van der Waals surface area (Å²) >= 11 is 0. The minimum atomic E-state index is -0.635. The number of carbonyl (C=O) groups excluding carboxylic acids is 1. The topological polar surface area (TPSA) is 60.2 Å². The summed E-state index contributed by atoms with van der Waals surface area (Å²) in [6.45, 7) is 5.08. The van der Waals surface area contributed by atoms with E-state index in [0.717, 1.165) is 30.1 Å². The SMILES string of the molecule is Cc1nc(C)n([C@H]2CCCN(C(=O)[C@@H]3Cc4cccc(F)c4O3)C2)n1. The molecule has 25 heavy (non-hydrogen) atoms. The van der Waals surface area contributed by atoms with Gasteiger partial charge in [-0.05, 0) is 32.8 Å². The highest BCUT2D eigenvalue weighted by Crippen LogP contribution is 2.33. The summed E-state index contributed by atoms with van der Waals surface area (Å²) in [4.78, 5) is 19.1. The highest BCUT2D eigenvalue weighted by atomic mass is 19.1. The fraction of sp³-hybridized carbons (Fsp3) is 0.500. The summed E-state index contributed by atoms with van der Waals surface area (Å²) in [7, 11) is 0. The number of rotatable bonds is 2. The van der Waals surface area contributed by atoms with Gasteiger partial charge in [0.05, 0.1) is 6.04 Å². The molecule has 0 bridgehead atoms. The molecule has 1 saturated heterocycles. The number of ether oxygens (including phenoxy) is 1. The van der Waals surface area contributed by atoms with Crippen LogP contribution in [0.15, 0.2) is 18.2 Å². The largest absolute Gasteiger partial charge is 0.477 e. The third-order valence-electron chi connectivity index (χ3n) is 4.95. The van der Waals surface area contributed by atoms with Crippen LogP contribution in [0.4, 0.5) is 4.39 Å². The third-order valence-corrected chi connectivity index (χ3v) is 4.95. The van der Waals surface area contributed by atoms with Crippen molar-refractivity contribution in [1.29, 1.82) is 0 Å². The van der Waals surface area contributed by atoms with E-state index in [0.29, 0.717) is 19.5 Å². The van der Waals surface area contributed by atoms with Crippen LogP contribution in [0.5, 0.6) is 5.75 Å². The maximum Gasteiger partial charge on any atom is 0.264 e. The van der Waals surface area contributed by atoms with Crippen molar-refractivity contribution in [3.63, 3.8) is 0 Å². The van der Waals surface area contributed by atoms with E-state index >= 15 is 0 Å². The molecule has 0 unspecified atom stereocenters. The Morgan fingerprint density at radius 1 is 1.36 bits per heavy atom. The summed E-state index contributed by atoms with van der Waals surface area (Å²) < 4.78 is 21.4. The van der Waals surface area contributed by atoms with Crippen molar-refractivity contribution in [2.24, 2.45) is 0 Å². The Morgan fingerprint density at radius 2 is 2.20 bits per heavy atom. The number of para-hydroxylation sites is 1. The number of fused-ring (bicyclic) bond motifs is 1. The predicted octanol–water partition coefficient (Wildman–Crippen LogP) is 2.20. The van der Waals surface area contributed by atoms with Crippen molar-refractivity contribution < 1.29 is 13.9 Å². The standard InChI is InChI=1S/C18H21FN4O2/c1-11-20-12(2)23(21-11)14-6-4-8-22(10-14)18(24)16-9-13-5-3-7-15(19)17(13)25-16/h3,5,7,14,16H,4,6,8-10H2,1-2H3/t14-,16-/m0/s1. The van der Waals surface area contributed by atoms with E-state index in [1.165, 1.54) is 6.07 Å². The van der Waals surface area contributed by atoms with Gasteiger partial charge in [-0.15, -0.1) is 0 Å². The molecule has 1 aromatic carbocycles. The lowest BCUT2D eigenvalue weighted by molar-refractivity contribution is -0.139. The first-order valence-corrected chi connectivity index (χ1v) is 8.65. The van der Waals surface area contributed by atoms with Crippen molar-refractivity contribution in [3.8, 4) is 5.75 Å². The maximum absolute atomic E-state index is 13.8. The Morgan fingerprint density at radius 3 is 2.92 bits per heavy atom. The fourth-order valence-corrected chi connectivity index (χ4v) is 3.81. The summed E-state index contributed by atoms with van der Waals surface area (Å²) in [5, 5.41) is 4.46. The van der Waals surface area contributed by atoms with Crippen molar-refractivity contribution >= 4 is 5.91 Å². The minimum Gasteiger partial charge on any atom is -0.477 e. The van der Waals surface area contributed by atoms with Crippen molar-refractivity contribution in [2.75, 3.05) is 13.1 Å². The van der Waals surface area contributed by atoms with Crippen LogP contribution in [0.25, 0.3) is 0 Å². The van der Waals surface area contributed by atoms with Crippen LogP contribution in [-0.4, -0.2) is 44.8 Å². The maximum atomic E-state index is 13.8. The zero-order valence-electron chi connectivity index (χ0n) is 14.4. The van der Waals surface area contributed by atoms with Crippen LogP contribution < -0.4 is 4.74 Å². The lowest BCUT2D eigenvalue weighted by Gasteiger charge is -2.34. The molecule has 2 aliphatic rings. The molecule has 132 valence electrons. The highest BCUT2D eigenvalue weighted by molar-refractivity contribution is 5.82. The van der Waals surface area contributed by atoms with Gasteiger partial charge in [-0.3, -0.25) is 4.79 Å². The van der Waals surface area contributed by atoms with Crippen molar-refractivity contribution in [2.45, 2.75) is 45.3 Å². The van der Waals surface area contributed by atoms with Gasteiger partial charge in [0.1, 0.15) is 11.6 Å². The molecule has 2 aliphatic heterocycles. The molecule has 2 atom stereocenters. The number of amides is 1. The molecular weight excluding hydrogens is 323 g/mol. The van der Waals surface area contributed by atoms with Crippen LogP contribution in [-0.2, 0) is 11.2 Å².